The Balaban J connectivity index is 0.00000162. The van der Waals surface area contributed by atoms with Gasteiger partial charge in [-0.1, -0.05) is 67.6 Å². The SMILES string of the molecule is CCN(C)C(c1ccccc1)c1ccccc1.[I-]. The highest BCUT2D eigenvalue weighted by atomic mass is 127. The molecule has 0 unspecified atom stereocenters. The highest BCUT2D eigenvalue weighted by molar-refractivity contribution is 5.31. The van der Waals surface area contributed by atoms with Crippen LogP contribution in [0.4, 0.5) is 0 Å². The van der Waals surface area contributed by atoms with E-state index in [1.54, 1.807) is 0 Å². The van der Waals surface area contributed by atoms with E-state index in [0.717, 1.165) is 6.54 Å². The molecule has 96 valence electrons. The predicted octanol–water partition coefficient (Wildman–Crippen LogP) is 0.732. The van der Waals surface area contributed by atoms with Crippen LogP contribution in [0.15, 0.2) is 60.7 Å². The van der Waals surface area contributed by atoms with E-state index >= 15 is 0 Å². The van der Waals surface area contributed by atoms with Gasteiger partial charge >= 0.3 is 0 Å². The Labute approximate surface area is 127 Å². The first-order valence-corrected chi connectivity index (χ1v) is 6.13. The number of hydrogen-bond donors (Lipinski definition) is 0. The van der Waals surface area contributed by atoms with E-state index in [-0.39, 0.29) is 24.0 Å². The first-order valence-electron chi connectivity index (χ1n) is 6.13. The maximum Gasteiger partial charge on any atom is 0.0599 e. The number of benzene rings is 2. The molecule has 0 heterocycles. The molecular weight excluding hydrogens is 333 g/mol. The average Bonchev–Trinajstić information content (AvgIpc) is 2.41. The molecule has 1 nitrogen and oxygen atoms in total. The van der Waals surface area contributed by atoms with Crippen LogP contribution in [0.2, 0.25) is 0 Å². The Bertz CT molecular complexity index is 402. The van der Waals surface area contributed by atoms with Crippen molar-refractivity contribution in [1.29, 1.82) is 0 Å². The van der Waals surface area contributed by atoms with Gasteiger partial charge in [-0.05, 0) is 24.7 Å². The summed E-state index contributed by atoms with van der Waals surface area (Å²) >= 11 is 0. The van der Waals surface area contributed by atoms with E-state index < -0.39 is 0 Å². The fourth-order valence-corrected chi connectivity index (χ4v) is 2.15. The summed E-state index contributed by atoms with van der Waals surface area (Å²) in [4.78, 5) is 2.37. The van der Waals surface area contributed by atoms with Gasteiger partial charge in [-0.2, -0.15) is 0 Å². The zero-order valence-electron chi connectivity index (χ0n) is 10.9. The zero-order chi connectivity index (χ0) is 12.1. The summed E-state index contributed by atoms with van der Waals surface area (Å²) in [6.07, 6.45) is 0. The number of hydrogen-bond acceptors (Lipinski definition) is 1. The van der Waals surface area contributed by atoms with Crippen LogP contribution < -0.4 is 24.0 Å². The minimum atomic E-state index is 0. The predicted molar refractivity (Wildman–Crippen MR) is 73.0 cm³/mol. The van der Waals surface area contributed by atoms with Gasteiger partial charge in [0.2, 0.25) is 0 Å². The first kappa shape index (κ1) is 15.2. The largest absolute Gasteiger partial charge is 1.00 e. The molecule has 2 aromatic rings. The highest BCUT2D eigenvalue weighted by Crippen LogP contribution is 2.26. The molecule has 0 fully saturated rings. The third-order valence-corrected chi connectivity index (χ3v) is 3.17. The smallest absolute Gasteiger partial charge is 0.0599 e. The minimum absolute atomic E-state index is 0. The molecule has 0 N–H and O–H groups in total. The average molecular weight is 352 g/mol. The molecule has 0 saturated carbocycles. The number of rotatable bonds is 4. The molecule has 2 rings (SSSR count). The maximum atomic E-state index is 2.37. The van der Waals surface area contributed by atoms with Gasteiger partial charge in [-0.25, -0.2) is 0 Å². The molecule has 0 aliphatic rings. The van der Waals surface area contributed by atoms with Crippen LogP contribution in [-0.2, 0) is 0 Å². The molecule has 0 aliphatic carbocycles. The van der Waals surface area contributed by atoms with Gasteiger partial charge in [-0.15, -0.1) is 0 Å². The summed E-state index contributed by atoms with van der Waals surface area (Å²) in [6.45, 7) is 3.23. The van der Waals surface area contributed by atoms with Crippen LogP contribution in [0.25, 0.3) is 0 Å². The van der Waals surface area contributed by atoms with Crippen molar-refractivity contribution >= 4 is 0 Å². The van der Waals surface area contributed by atoms with Crippen LogP contribution in [0.1, 0.15) is 24.1 Å². The summed E-state index contributed by atoms with van der Waals surface area (Å²) in [6, 6.07) is 21.7. The van der Waals surface area contributed by atoms with Crippen LogP contribution in [0.5, 0.6) is 0 Å². The van der Waals surface area contributed by atoms with Crippen molar-refractivity contribution in [2.75, 3.05) is 13.6 Å². The molecule has 0 bridgehead atoms. The molecule has 0 amide bonds. The van der Waals surface area contributed by atoms with Crippen LogP contribution in [-0.4, -0.2) is 18.5 Å². The maximum absolute atomic E-state index is 2.37. The Kier molecular flexibility index (Phi) is 6.36. The van der Waals surface area contributed by atoms with Crippen molar-refractivity contribution in [1.82, 2.24) is 4.90 Å². The Morgan fingerprint density at radius 3 is 1.56 bits per heavy atom. The van der Waals surface area contributed by atoms with Gasteiger partial charge in [0.1, 0.15) is 0 Å². The van der Waals surface area contributed by atoms with Crippen molar-refractivity contribution in [3.8, 4) is 0 Å². The third-order valence-electron chi connectivity index (χ3n) is 3.17. The van der Waals surface area contributed by atoms with Gasteiger partial charge in [0.05, 0.1) is 6.04 Å². The molecule has 0 saturated heterocycles. The second-order valence-electron chi connectivity index (χ2n) is 4.30. The normalized spacial score (nSPS) is 10.4. The Morgan fingerprint density at radius 1 is 0.833 bits per heavy atom. The summed E-state index contributed by atoms with van der Waals surface area (Å²) < 4.78 is 0. The Hall–Kier alpha value is -0.870. The van der Waals surface area contributed by atoms with E-state index in [1.807, 2.05) is 0 Å². The second-order valence-corrected chi connectivity index (χ2v) is 4.30. The molecule has 18 heavy (non-hydrogen) atoms. The van der Waals surface area contributed by atoms with E-state index in [1.165, 1.54) is 11.1 Å². The lowest BCUT2D eigenvalue weighted by Crippen LogP contribution is -3.00. The van der Waals surface area contributed by atoms with Crippen molar-refractivity contribution in [3.63, 3.8) is 0 Å². The summed E-state index contributed by atoms with van der Waals surface area (Å²) in [5.74, 6) is 0. The molecule has 0 spiro atoms. The molecule has 0 radical (unpaired) electrons. The van der Waals surface area contributed by atoms with E-state index in [0.29, 0.717) is 6.04 Å². The molecule has 0 aliphatic heterocycles. The highest BCUT2D eigenvalue weighted by Gasteiger charge is 2.17. The van der Waals surface area contributed by atoms with Gasteiger partial charge in [0.25, 0.3) is 0 Å². The monoisotopic (exact) mass is 352 g/mol. The van der Waals surface area contributed by atoms with Gasteiger partial charge in [0.15, 0.2) is 0 Å². The van der Waals surface area contributed by atoms with Crippen molar-refractivity contribution in [2.45, 2.75) is 13.0 Å². The van der Waals surface area contributed by atoms with Crippen LogP contribution >= 0.6 is 0 Å². The lowest BCUT2D eigenvalue weighted by Gasteiger charge is -2.27. The Morgan fingerprint density at radius 2 is 1.22 bits per heavy atom. The summed E-state index contributed by atoms with van der Waals surface area (Å²) in [5.41, 5.74) is 2.70. The van der Waals surface area contributed by atoms with Gasteiger partial charge in [-0.3, -0.25) is 4.90 Å². The zero-order valence-corrected chi connectivity index (χ0v) is 13.0. The second kappa shape index (κ2) is 7.54. The van der Waals surface area contributed by atoms with Gasteiger partial charge in [0, 0.05) is 0 Å². The molecule has 2 aromatic carbocycles. The number of halogens is 1. The molecular formula is C16H19IN-. The third kappa shape index (κ3) is 3.56. The quantitative estimate of drug-likeness (QED) is 0.734. The van der Waals surface area contributed by atoms with Crippen LogP contribution in [0.3, 0.4) is 0 Å². The summed E-state index contributed by atoms with van der Waals surface area (Å²) in [5, 5.41) is 0. The van der Waals surface area contributed by atoms with E-state index in [4.69, 9.17) is 0 Å². The molecule has 0 aromatic heterocycles. The number of nitrogens with zero attached hydrogens (tertiary/aromatic N) is 1. The minimum Gasteiger partial charge on any atom is -1.00 e. The van der Waals surface area contributed by atoms with Crippen LogP contribution in [0, 0.1) is 0 Å². The fraction of sp³-hybridized carbons (Fsp3) is 0.250. The van der Waals surface area contributed by atoms with Crippen molar-refractivity contribution in [3.05, 3.63) is 71.8 Å². The fourth-order valence-electron chi connectivity index (χ4n) is 2.15. The van der Waals surface area contributed by atoms with Gasteiger partial charge < -0.3 is 24.0 Å². The van der Waals surface area contributed by atoms with Crippen molar-refractivity contribution < 1.29 is 24.0 Å². The lowest BCUT2D eigenvalue weighted by molar-refractivity contribution is -0.00000351. The van der Waals surface area contributed by atoms with E-state index in [2.05, 4.69) is 79.5 Å². The molecule has 0 atom stereocenters. The topological polar surface area (TPSA) is 3.24 Å². The molecule has 2 heteroatoms. The lowest BCUT2D eigenvalue weighted by atomic mass is 9.97. The summed E-state index contributed by atoms with van der Waals surface area (Å²) in [7, 11) is 2.17. The van der Waals surface area contributed by atoms with Crippen molar-refractivity contribution in [2.24, 2.45) is 0 Å². The standard InChI is InChI=1S/C16H19N.HI/c1-3-17(2)16(14-10-6-4-7-11-14)15-12-8-5-9-13-15;/h4-13,16H,3H2,1-2H3;1H/p-1. The first-order chi connectivity index (χ1) is 8.33. The van der Waals surface area contributed by atoms with E-state index in [9.17, 15) is 0 Å².